The van der Waals surface area contributed by atoms with E-state index in [4.69, 9.17) is 9.26 Å². The summed E-state index contributed by atoms with van der Waals surface area (Å²) < 4.78 is 49.3. The van der Waals surface area contributed by atoms with E-state index < -0.39 is 11.7 Å². The van der Waals surface area contributed by atoms with Crippen LogP contribution in [0.3, 0.4) is 0 Å². The van der Waals surface area contributed by atoms with Gasteiger partial charge in [0.2, 0.25) is 0 Å². The maximum Gasteiger partial charge on any atom is 0.416 e. The SMILES string of the molecule is COc1ccc2c(c1)C(Nc1ccc(C(F)(F)F)cc1)CCc1onc(C)c1-2. The molecule has 4 nitrogen and oxygen atoms in total. The number of anilines is 1. The van der Waals surface area contributed by atoms with E-state index in [-0.39, 0.29) is 6.04 Å². The predicted octanol–water partition coefficient (Wildman–Crippen LogP) is 5.78. The van der Waals surface area contributed by atoms with Crippen molar-refractivity contribution in [2.75, 3.05) is 12.4 Å². The van der Waals surface area contributed by atoms with Gasteiger partial charge in [-0.15, -0.1) is 0 Å². The van der Waals surface area contributed by atoms with Crippen molar-refractivity contribution in [2.45, 2.75) is 32.0 Å². The van der Waals surface area contributed by atoms with Gasteiger partial charge in [0.15, 0.2) is 0 Å². The molecular weight excluding hydrogens is 369 g/mol. The lowest BCUT2D eigenvalue weighted by Crippen LogP contribution is -2.12. The van der Waals surface area contributed by atoms with E-state index in [1.165, 1.54) is 12.1 Å². The highest BCUT2D eigenvalue weighted by Crippen LogP contribution is 2.42. The van der Waals surface area contributed by atoms with Gasteiger partial charge in [-0.3, -0.25) is 0 Å². The fraction of sp³-hybridized carbons (Fsp3) is 0.286. The Morgan fingerprint density at radius 1 is 1.14 bits per heavy atom. The minimum absolute atomic E-state index is 0.108. The number of aromatic nitrogens is 1. The van der Waals surface area contributed by atoms with Crippen molar-refractivity contribution in [3.8, 4) is 16.9 Å². The van der Waals surface area contributed by atoms with Gasteiger partial charge in [0.25, 0.3) is 0 Å². The van der Waals surface area contributed by atoms with Crippen LogP contribution in [0.1, 0.15) is 35.0 Å². The molecule has 1 aliphatic carbocycles. The zero-order valence-electron chi connectivity index (χ0n) is 15.4. The van der Waals surface area contributed by atoms with E-state index in [0.29, 0.717) is 18.5 Å². The lowest BCUT2D eigenvalue weighted by Gasteiger charge is -2.22. The van der Waals surface area contributed by atoms with Crippen LogP contribution in [0.5, 0.6) is 5.75 Å². The smallest absolute Gasteiger partial charge is 0.416 e. The first kappa shape index (κ1) is 18.4. The zero-order valence-corrected chi connectivity index (χ0v) is 15.4. The third kappa shape index (κ3) is 3.32. The lowest BCUT2D eigenvalue weighted by atomic mass is 9.95. The molecule has 0 spiro atoms. The number of alkyl halides is 3. The molecule has 146 valence electrons. The Morgan fingerprint density at radius 3 is 2.57 bits per heavy atom. The molecule has 7 heteroatoms. The van der Waals surface area contributed by atoms with Gasteiger partial charge in [-0.05, 0) is 60.9 Å². The molecule has 28 heavy (non-hydrogen) atoms. The molecule has 1 atom stereocenters. The van der Waals surface area contributed by atoms with Crippen molar-refractivity contribution < 1.29 is 22.4 Å². The molecule has 4 rings (SSSR count). The monoisotopic (exact) mass is 388 g/mol. The van der Waals surface area contributed by atoms with E-state index in [1.54, 1.807) is 7.11 Å². The molecule has 0 aliphatic heterocycles. The Labute approximate surface area is 160 Å². The summed E-state index contributed by atoms with van der Waals surface area (Å²) in [5, 5.41) is 7.46. The van der Waals surface area contributed by atoms with Gasteiger partial charge in [0.1, 0.15) is 11.5 Å². The molecule has 0 fully saturated rings. The topological polar surface area (TPSA) is 47.3 Å². The van der Waals surface area contributed by atoms with Crippen molar-refractivity contribution in [3.05, 3.63) is 65.0 Å². The molecule has 1 aromatic heterocycles. The maximum absolute atomic E-state index is 12.8. The average Bonchev–Trinajstić information content (AvgIpc) is 2.96. The molecule has 0 bridgehead atoms. The maximum atomic E-state index is 12.8. The highest BCUT2D eigenvalue weighted by Gasteiger charge is 2.30. The first-order valence-electron chi connectivity index (χ1n) is 8.94. The molecule has 0 amide bonds. The van der Waals surface area contributed by atoms with E-state index >= 15 is 0 Å². The van der Waals surface area contributed by atoms with Crippen molar-refractivity contribution in [1.82, 2.24) is 5.16 Å². The van der Waals surface area contributed by atoms with Gasteiger partial charge in [0.05, 0.1) is 24.4 Å². The largest absolute Gasteiger partial charge is 0.497 e. The number of rotatable bonds is 3. The number of benzene rings is 2. The highest BCUT2D eigenvalue weighted by atomic mass is 19.4. The van der Waals surface area contributed by atoms with E-state index in [2.05, 4.69) is 10.5 Å². The second-order valence-corrected chi connectivity index (χ2v) is 6.83. The van der Waals surface area contributed by atoms with Gasteiger partial charge in [-0.1, -0.05) is 11.2 Å². The Kier molecular flexibility index (Phi) is 4.53. The van der Waals surface area contributed by atoms with E-state index in [0.717, 1.165) is 46.0 Å². The minimum atomic E-state index is -4.35. The number of halogens is 3. The van der Waals surface area contributed by atoms with Crippen LogP contribution in [-0.2, 0) is 12.6 Å². The second-order valence-electron chi connectivity index (χ2n) is 6.83. The zero-order chi connectivity index (χ0) is 19.9. The standard InChI is InChI=1S/C21H19F3N2O2/c1-12-20-16-8-7-15(27-2)11-17(16)18(9-10-19(20)28-26-12)25-14-5-3-13(4-6-14)21(22,23)24/h3-8,11,18,25H,9-10H2,1-2H3. The molecule has 0 radical (unpaired) electrons. The van der Waals surface area contributed by atoms with Crippen molar-refractivity contribution >= 4 is 5.69 Å². The Morgan fingerprint density at radius 2 is 1.89 bits per heavy atom. The van der Waals surface area contributed by atoms with Crippen LogP contribution in [0.4, 0.5) is 18.9 Å². The van der Waals surface area contributed by atoms with Crippen molar-refractivity contribution in [1.29, 1.82) is 0 Å². The quantitative estimate of drug-likeness (QED) is 0.618. The van der Waals surface area contributed by atoms with Gasteiger partial charge < -0.3 is 14.6 Å². The summed E-state index contributed by atoms with van der Waals surface area (Å²) in [6, 6.07) is 10.8. The summed E-state index contributed by atoms with van der Waals surface area (Å²) in [5.74, 6) is 1.54. The summed E-state index contributed by atoms with van der Waals surface area (Å²) in [7, 11) is 1.60. The summed E-state index contributed by atoms with van der Waals surface area (Å²) in [6.45, 7) is 1.90. The van der Waals surface area contributed by atoms with Crippen LogP contribution in [0.25, 0.3) is 11.1 Å². The van der Waals surface area contributed by atoms with E-state index in [1.807, 2.05) is 25.1 Å². The summed E-state index contributed by atoms with van der Waals surface area (Å²) in [4.78, 5) is 0. The molecule has 1 unspecified atom stereocenters. The average molecular weight is 388 g/mol. The summed E-state index contributed by atoms with van der Waals surface area (Å²) in [6.07, 6.45) is -2.96. The highest BCUT2D eigenvalue weighted by molar-refractivity contribution is 5.74. The lowest BCUT2D eigenvalue weighted by molar-refractivity contribution is -0.137. The minimum Gasteiger partial charge on any atom is -0.497 e. The molecular formula is C21H19F3N2O2. The Bertz CT molecular complexity index is 994. The predicted molar refractivity (Wildman–Crippen MR) is 99.4 cm³/mol. The fourth-order valence-corrected chi connectivity index (χ4v) is 3.65. The van der Waals surface area contributed by atoms with Crippen LogP contribution < -0.4 is 10.1 Å². The number of fused-ring (bicyclic) bond motifs is 3. The number of ether oxygens (including phenoxy) is 1. The van der Waals surface area contributed by atoms with Crippen molar-refractivity contribution in [3.63, 3.8) is 0 Å². The third-order valence-electron chi connectivity index (χ3n) is 5.05. The molecule has 1 heterocycles. The van der Waals surface area contributed by atoms with Crippen LogP contribution in [-0.4, -0.2) is 12.3 Å². The van der Waals surface area contributed by atoms with Crippen LogP contribution in [0, 0.1) is 6.92 Å². The van der Waals surface area contributed by atoms with Crippen LogP contribution >= 0.6 is 0 Å². The van der Waals surface area contributed by atoms with Crippen LogP contribution in [0.15, 0.2) is 47.0 Å². The fourth-order valence-electron chi connectivity index (χ4n) is 3.65. The number of aryl methyl sites for hydroxylation is 2. The molecule has 0 saturated heterocycles. The van der Waals surface area contributed by atoms with Crippen LogP contribution in [0.2, 0.25) is 0 Å². The molecule has 3 aromatic rings. The molecule has 2 aromatic carbocycles. The van der Waals surface area contributed by atoms with E-state index in [9.17, 15) is 13.2 Å². The van der Waals surface area contributed by atoms with Gasteiger partial charge >= 0.3 is 6.18 Å². The summed E-state index contributed by atoms with van der Waals surface area (Å²) in [5.41, 5.74) is 3.76. The summed E-state index contributed by atoms with van der Waals surface area (Å²) >= 11 is 0. The van der Waals surface area contributed by atoms with Gasteiger partial charge in [0, 0.05) is 17.7 Å². The third-order valence-corrected chi connectivity index (χ3v) is 5.05. The second kappa shape index (κ2) is 6.89. The first-order chi connectivity index (χ1) is 13.4. The number of hydrogen-bond acceptors (Lipinski definition) is 4. The van der Waals surface area contributed by atoms with Gasteiger partial charge in [-0.25, -0.2) is 0 Å². The number of nitrogens with zero attached hydrogens (tertiary/aromatic N) is 1. The number of nitrogens with one attached hydrogen (secondary N) is 1. The van der Waals surface area contributed by atoms with Gasteiger partial charge in [-0.2, -0.15) is 13.2 Å². The normalized spacial score (nSPS) is 16.1. The number of methoxy groups -OCH3 is 1. The Balaban J connectivity index is 1.71. The molecule has 1 N–H and O–H groups in total. The Hall–Kier alpha value is -2.96. The molecule has 0 saturated carbocycles. The van der Waals surface area contributed by atoms with Crippen molar-refractivity contribution in [2.24, 2.45) is 0 Å². The number of hydrogen-bond donors (Lipinski definition) is 1. The first-order valence-corrected chi connectivity index (χ1v) is 8.94. The molecule has 1 aliphatic rings.